The predicted molar refractivity (Wildman–Crippen MR) is 99.5 cm³/mol. The van der Waals surface area contributed by atoms with Gasteiger partial charge < -0.3 is 14.5 Å². The molecular formula is C19H29N5O3. The van der Waals surface area contributed by atoms with Crippen molar-refractivity contribution < 1.29 is 14.3 Å². The van der Waals surface area contributed by atoms with Gasteiger partial charge in [-0.1, -0.05) is 0 Å². The number of rotatable bonds is 4. The SMILES string of the molecule is O=C(CN1CCCC1)N1CCCC(c2cc(C(=O)N3CCOCC3)n[nH]2)C1. The van der Waals surface area contributed by atoms with E-state index in [0.29, 0.717) is 45.1 Å². The third-order valence-corrected chi connectivity index (χ3v) is 5.89. The van der Waals surface area contributed by atoms with Crippen LogP contribution in [0.1, 0.15) is 47.8 Å². The Morgan fingerprint density at radius 2 is 1.85 bits per heavy atom. The number of ether oxygens (including phenoxy) is 1. The van der Waals surface area contributed by atoms with Crippen molar-refractivity contribution in [2.75, 3.05) is 59.0 Å². The largest absolute Gasteiger partial charge is 0.378 e. The van der Waals surface area contributed by atoms with Crippen molar-refractivity contribution in [1.82, 2.24) is 24.9 Å². The summed E-state index contributed by atoms with van der Waals surface area (Å²) >= 11 is 0. The Bertz CT molecular complexity index is 664. The zero-order valence-corrected chi connectivity index (χ0v) is 15.9. The van der Waals surface area contributed by atoms with E-state index < -0.39 is 0 Å². The maximum Gasteiger partial charge on any atom is 0.274 e. The van der Waals surface area contributed by atoms with E-state index in [-0.39, 0.29) is 17.7 Å². The minimum atomic E-state index is -0.0430. The van der Waals surface area contributed by atoms with Crippen LogP contribution in [0.15, 0.2) is 6.07 Å². The molecule has 4 rings (SSSR count). The molecule has 3 aliphatic rings. The predicted octanol–water partition coefficient (Wildman–Crippen LogP) is 0.684. The zero-order chi connectivity index (χ0) is 18.6. The van der Waals surface area contributed by atoms with Crippen molar-refractivity contribution in [1.29, 1.82) is 0 Å². The minimum Gasteiger partial charge on any atom is -0.378 e. The smallest absolute Gasteiger partial charge is 0.274 e. The number of nitrogens with one attached hydrogen (secondary N) is 1. The first-order valence-corrected chi connectivity index (χ1v) is 10.1. The summed E-state index contributed by atoms with van der Waals surface area (Å²) in [5.41, 5.74) is 1.43. The maximum absolute atomic E-state index is 12.6. The van der Waals surface area contributed by atoms with Gasteiger partial charge in [0.05, 0.1) is 19.8 Å². The lowest BCUT2D eigenvalue weighted by Gasteiger charge is -2.33. The molecule has 27 heavy (non-hydrogen) atoms. The Labute approximate surface area is 159 Å². The highest BCUT2D eigenvalue weighted by molar-refractivity contribution is 5.92. The molecule has 148 valence electrons. The Morgan fingerprint density at radius 3 is 2.63 bits per heavy atom. The van der Waals surface area contributed by atoms with E-state index in [4.69, 9.17) is 4.74 Å². The molecule has 3 saturated heterocycles. The number of amides is 2. The van der Waals surface area contributed by atoms with Crippen molar-refractivity contribution >= 4 is 11.8 Å². The number of morpholine rings is 1. The molecule has 3 fully saturated rings. The lowest BCUT2D eigenvalue weighted by atomic mass is 9.94. The Balaban J connectivity index is 1.36. The molecular weight excluding hydrogens is 346 g/mol. The van der Waals surface area contributed by atoms with Gasteiger partial charge in [0.25, 0.3) is 5.91 Å². The molecule has 0 radical (unpaired) electrons. The van der Waals surface area contributed by atoms with Crippen molar-refractivity contribution in [2.45, 2.75) is 31.6 Å². The summed E-state index contributed by atoms with van der Waals surface area (Å²) in [5.74, 6) is 0.407. The molecule has 1 aromatic heterocycles. The second-order valence-corrected chi connectivity index (χ2v) is 7.78. The molecule has 1 unspecified atom stereocenters. The first-order valence-electron chi connectivity index (χ1n) is 10.1. The van der Waals surface area contributed by atoms with Crippen molar-refractivity contribution in [2.24, 2.45) is 0 Å². The van der Waals surface area contributed by atoms with Gasteiger partial charge in [0, 0.05) is 37.8 Å². The minimum absolute atomic E-state index is 0.0430. The van der Waals surface area contributed by atoms with Crippen LogP contribution in [0, 0.1) is 0 Å². The molecule has 1 aromatic rings. The van der Waals surface area contributed by atoms with E-state index in [0.717, 1.165) is 38.2 Å². The van der Waals surface area contributed by atoms with Gasteiger partial charge in [-0.25, -0.2) is 0 Å². The molecule has 1 N–H and O–H groups in total. The summed E-state index contributed by atoms with van der Waals surface area (Å²) < 4.78 is 5.30. The van der Waals surface area contributed by atoms with E-state index in [1.165, 1.54) is 12.8 Å². The molecule has 8 heteroatoms. The van der Waals surface area contributed by atoms with E-state index in [1.807, 2.05) is 11.0 Å². The molecule has 8 nitrogen and oxygen atoms in total. The first kappa shape index (κ1) is 18.4. The molecule has 0 saturated carbocycles. The van der Waals surface area contributed by atoms with E-state index >= 15 is 0 Å². The molecule has 1 atom stereocenters. The van der Waals surface area contributed by atoms with E-state index in [9.17, 15) is 9.59 Å². The summed E-state index contributed by atoms with van der Waals surface area (Å²) in [6.45, 7) is 6.55. The number of nitrogens with zero attached hydrogens (tertiary/aromatic N) is 4. The molecule has 2 amide bonds. The Hall–Kier alpha value is -1.93. The molecule has 3 aliphatic heterocycles. The number of likely N-dealkylation sites (tertiary alicyclic amines) is 2. The molecule has 4 heterocycles. The van der Waals surface area contributed by atoms with Crippen LogP contribution in [0.4, 0.5) is 0 Å². The Kier molecular flexibility index (Phi) is 5.73. The monoisotopic (exact) mass is 375 g/mol. The van der Waals surface area contributed by atoms with Gasteiger partial charge in [-0.05, 0) is 44.8 Å². The highest BCUT2D eigenvalue weighted by Crippen LogP contribution is 2.26. The second kappa shape index (κ2) is 8.39. The number of carbonyl (C=O) groups is 2. The number of carbonyl (C=O) groups excluding carboxylic acids is 2. The highest BCUT2D eigenvalue weighted by atomic mass is 16.5. The summed E-state index contributed by atoms with van der Waals surface area (Å²) in [7, 11) is 0. The Morgan fingerprint density at radius 1 is 1.07 bits per heavy atom. The summed E-state index contributed by atoms with van der Waals surface area (Å²) in [6, 6.07) is 1.87. The van der Waals surface area contributed by atoms with Gasteiger partial charge >= 0.3 is 0 Å². The van der Waals surface area contributed by atoms with Crippen LogP contribution in [-0.2, 0) is 9.53 Å². The van der Waals surface area contributed by atoms with Crippen LogP contribution in [0.25, 0.3) is 0 Å². The maximum atomic E-state index is 12.6. The van der Waals surface area contributed by atoms with E-state index in [2.05, 4.69) is 15.1 Å². The number of H-pyrrole nitrogens is 1. The lowest BCUT2D eigenvalue weighted by Crippen LogP contribution is -2.44. The standard InChI is InChI=1S/C19H29N5O3/c25-18(14-22-5-1-2-6-22)24-7-3-4-15(13-24)16-12-17(21-20-16)19(26)23-8-10-27-11-9-23/h12,15H,1-11,13-14H2,(H,20,21). The van der Waals surface area contributed by atoms with Crippen molar-refractivity contribution in [3.05, 3.63) is 17.5 Å². The topological polar surface area (TPSA) is 81.8 Å². The van der Waals surface area contributed by atoms with Crippen molar-refractivity contribution in [3.63, 3.8) is 0 Å². The van der Waals surface area contributed by atoms with Gasteiger partial charge in [-0.2, -0.15) is 5.10 Å². The fraction of sp³-hybridized carbons (Fsp3) is 0.737. The zero-order valence-electron chi connectivity index (χ0n) is 15.9. The molecule has 0 bridgehead atoms. The van der Waals surface area contributed by atoms with Crippen LogP contribution in [0.5, 0.6) is 0 Å². The third-order valence-electron chi connectivity index (χ3n) is 5.89. The number of hydrogen-bond acceptors (Lipinski definition) is 5. The molecule has 0 spiro atoms. The first-order chi connectivity index (χ1) is 13.2. The number of aromatic amines is 1. The fourth-order valence-corrected chi connectivity index (χ4v) is 4.27. The van der Waals surface area contributed by atoms with Crippen molar-refractivity contribution in [3.8, 4) is 0 Å². The second-order valence-electron chi connectivity index (χ2n) is 7.78. The summed E-state index contributed by atoms with van der Waals surface area (Å²) in [4.78, 5) is 31.2. The molecule has 0 aliphatic carbocycles. The number of aromatic nitrogens is 2. The number of hydrogen-bond donors (Lipinski definition) is 1. The average Bonchev–Trinajstić information content (AvgIpc) is 3.40. The summed E-state index contributed by atoms with van der Waals surface area (Å²) in [6.07, 6.45) is 4.40. The van der Waals surface area contributed by atoms with Crippen LogP contribution in [0.3, 0.4) is 0 Å². The van der Waals surface area contributed by atoms with Gasteiger partial charge in [0.15, 0.2) is 0 Å². The van der Waals surface area contributed by atoms with Gasteiger partial charge in [-0.15, -0.1) is 0 Å². The highest BCUT2D eigenvalue weighted by Gasteiger charge is 2.29. The van der Waals surface area contributed by atoms with Crippen LogP contribution in [0.2, 0.25) is 0 Å². The van der Waals surface area contributed by atoms with Gasteiger partial charge in [0.2, 0.25) is 5.91 Å². The van der Waals surface area contributed by atoms with Crippen LogP contribution < -0.4 is 0 Å². The number of piperidine rings is 1. The quantitative estimate of drug-likeness (QED) is 0.837. The van der Waals surface area contributed by atoms with Gasteiger partial charge in [0.1, 0.15) is 5.69 Å². The van der Waals surface area contributed by atoms with Crippen LogP contribution in [-0.4, -0.2) is 95.7 Å². The van der Waals surface area contributed by atoms with Crippen LogP contribution >= 0.6 is 0 Å². The summed E-state index contributed by atoms with van der Waals surface area (Å²) in [5, 5.41) is 7.30. The van der Waals surface area contributed by atoms with Gasteiger partial charge in [-0.3, -0.25) is 19.6 Å². The lowest BCUT2D eigenvalue weighted by molar-refractivity contribution is -0.133. The van der Waals surface area contributed by atoms with E-state index in [1.54, 1.807) is 4.90 Å². The molecule has 0 aromatic carbocycles. The third kappa shape index (κ3) is 4.32. The fourth-order valence-electron chi connectivity index (χ4n) is 4.27. The normalized spacial score (nSPS) is 24.4. The average molecular weight is 375 g/mol.